The van der Waals surface area contributed by atoms with Gasteiger partial charge in [-0.2, -0.15) is 0 Å². The van der Waals surface area contributed by atoms with E-state index in [1.807, 2.05) is 37.3 Å². The molecule has 3 rings (SSSR count). The first-order chi connectivity index (χ1) is 9.15. The summed E-state index contributed by atoms with van der Waals surface area (Å²) in [5.74, 6) is 0. The Hall–Kier alpha value is -1.71. The standard InChI is InChI=1S/C16H15NOS/c1-16(18,11-13-7-4-5-9-17-13)15-10-12-6-2-3-8-14(12)19-15/h2-10,18H,11H2,1H3. The van der Waals surface area contributed by atoms with Gasteiger partial charge in [0, 0.05) is 27.9 Å². The molecule has 1 atom stereocenters. The predicted octanol–water partition coefficient (Wildman–Crippen LogP) is 3.75. The summed E-state index contributed by atoms with van der Waals surface area (Å²) >= 11 is 1.65. The SMILES string of the molecule is CC(O)(Cc1ccccn1)c1cc2ccccc2s1. The number of aliphatic hydroxyl groups is 1. The van der Waals surface area contributed by atoms with Crippen molar-refractivity contribution in [2.75, 3.05) is 0 Å². The van der Waals surface area contributed by atoms with Gasteiger partial charge in [-0.15, -0.1) is 11.3 Å². The third-order valence-corrected chi connectivity index (χ3v) is 4.58. The van der Waals surface area contributed by atoms with E-state index in [9.17, 15) is 5.11 Å². The molecule has 0 saturated heterocycles. The van der Waals surface area contributed by atoms with Gasteiger partial charge in [0.2, 0.25) is 0 Å². The van der Waals surface area contributed by atoms with Crippen molar-refractivity contribution in [1.29, 1.82) is 0 Å². The van der Waals surface area contributed by atoms with E-state index >= 15 is 0 Å². The van der Waals surface area contributed by atoms with Crippen LogP contribution in [0.1, 0.15) is 17.5 Å². The van der Waals surface area contributed by atoms with Crippen molar-refractivity contribution in [3.8, 4) is 0 Å². The molecule has 2 heterocycles. The van der Waals surface area contributed by atoms with Crippen LogP contribution < -0.4 is 0 Å². The lowest BCUT2D eigenvalue weighted by molar-refractivity contribution is 0.0605. The van der Waals surface area contributed by atoms with Crippen LogP contribution in [0.5, 0.6) is 0 Å². The molecular formula is C16H15NOS. The van der Waals surface area contributed by atoms with Crippen molar-refractivity contribution in [2.24, 2.45) is 0 Å². The quantitative estimate of drug-likeness (QED) is 0.785. The zero-order valence-corrected chi connectivity index (χ0v) is 11.5. The number of nitrogens with zero attached hydrogens (tertiary/aromatic N) is 1. The maximum atomic E-state index is 10.7. The summed E-state index contributed by atoms with van der Waals surface area (Å²) in [6.45, 7) is 1.85. The second kappa shape index (κ2) is 4.76. The molecule has 0 aliphatic rings. The van der Waals surface area contributed by atoms with E-state index in [1.165, 1.54) is 10.1 Å². The van der Waals surface area contributed by atoms with Crippen LogP contribution in [-0.2, 0) is 12.0 Å². The molecule has 96 valence electrons. The summed E-state index contributed by atoms with van der Waals surface area (Å²) in [7, 11) is 0. The van der Waals surface area contributed by atoms with Crippen LogP contribution >= 0.6 is 11.3 Å². The Bertz CT molecular complexity index is 655. The average molecular weight is 269 g/mol. The Morgan fingerprint density at radius 3 is 2.68 bits per heavy atom. The monoisotopic (exact) mass is 269 g/mol. The Kier molecular flexibility index (Phi) is 3.09. The molecule has 19 heavy (non-hydrogen) atoms. The van der Waals surface area contributed by atoms with E-state index in [4.69, 9.17) is 0 Å². The van der Waals surface area contributed by atoms with Crippen LogP contribution in [0, 0.1) is 0 Å². The smallest absolute Gasteiger partial charge is 0.101 e. The van der Waals surface area contributed by atoms with E-state index in [1.54, 1.807) is 17.5 Å². The molecule has 0 aliphatic carbocycles. The lowest BCUT2D eigenvalue weighted by Crippen LogP contribution is -2.23. The van der Waals surface area contributed by atoms with Crippen molar-refractivity contribution in [3.63, 3.8) is 0 Å². The highest BCUT2D eigenvalue weighted by Crippen LogP contribution is 2.34. The fraction of sp³-hybridized carbons (Fsp3) is 0.188. The van der Waals surface area contributed by atoms with Gasteiger partial charge in [-0.1, -0.05) is 24.3 Å². The Morgan fingerprint density at radius 2 is 1.95 bits per heavy atom. The topological polar surface area (TPSA) is 33.1 Å². The molecule has 1 aromatic carbocycles. The molecule has 0 fully saturated rings. The van der Waals surface area contributed by atoms with Crippen LogP contribution in [0.2, 0.25) is 0 Å². The second-order valence-electron chi connectivity index (χ2n) is 4.92. The lowest BCUT2D eigenvalue weighted by Gasteiger charge is -2.21. The fourth-order valence-electron chi connectivity index (χ4n) is 2.19. The molecule has 3 aromatic rings. The maximum absolute atomic E-state index is 10.7. The highest BCUT2D eigenvalue weighted by molar-refractivity contribution is 7.19. The summed E-state index contributed by atoms with van der Waals surface area (Å²) in [5, 5.41) is 11.9. The van der Waals surface area contributed by atoms with Crippen molar-refractivity contribution in [3.05, 3.63) is 65.3 Å². The van der Waals surface area contributed by atoms with Crippen molar-refractivity contribution < 1.29 is 5.11 Å². The van der Waals surface area contributed by atoms with Gasteiger partial charge in [0.05, 0.1) is 0 Å². The zero-order valence-electron chi connectivity index (χ0n) is 10.7. The zero-order chi connectivity index (χ0) is 13.3. The van der Waals surface area contributed by atoms with E-state index in [0.29, 0.717) is 6.42 Å². The predicted molar refractivity (Wildman–Crippen MR) is 79.3 cm³/mol. The Labute approximate surface area is 116 Å². The van der Waals surface area contributed by atoms with Crippen LogP contribution in [-0.4, -0.2) is 10.1 Å². The van der Waals surface area contributed by atoms with Gasteiger partial charge in [0.1, 0.15) is 5.60 Å². The van der Waals surface area contributed by atoms with Gasteiger partial charge < -0.3 is 5.11 Å². The second-order valence-corrected chi connectivity index (χ2v) is 6.00. The minimum Gasteiger partial charge on any atom is -0.384 e. The molecule has 0 saturated carbocycles. The number of pyridine rings is 1. The van der Waals surface area contributed by atoms with E-state index in [-0.39, 0.29) is 0 Å². The van der Waals surface area contributed by atoms with Gasteiger partial charge in [-0.3, -0.25) is 4.98 Å². The number of thiophene rings is 1. The molecular weight excluding hydrogens is 254 g/mol. The minimum atomic E-state index is -0.877. The number of rotatable bonds is 3. The summed E-state index contributed by atoms with van der Waals surface area (Å²) in [4.78, 5) is 5.27. The number of benzene rings is 1. The van der Waals surface area contributed by atoms with Gasteiger partial charge in [0.15, 0.2) is 0 Å². The van der Waals surface area contributed by atoms with Gasteiger partial charge in [0.25, 0.3) is 0 Å². The molecule has 2 nitrogen and oxygen atoms in total. The normalized spacial score (nSPS) is 14.4. The van der Waals surface area contributed by atoms with E-state index < -0.39 is 5.60 Å². The van der Waals surface area contributed by atoms with Gasteiger partial charge in [-0.25, -0.2) is 0 Å². The molecule has 3 heteroatoms. The first-order valence-electron chi connectivity index (χ1n) is 6.26. The molecule has 2 aromatic heterocycles. The average Bonchev–Trinajstić information content (AvgIpc) is 2.84. The van der Waals surface area contributed by atoms with E-state index in [0.717, 1.165) is 10.6 Å². The van der Waals surface area contributed by atoms with Crippen molar-refractivity contribution in [1.82, 2.24) is 4.98 Å². The molecule has 0 amide bonds. The third kappa shape index (κ3) is 2.53. The van der Waals surface area contributed by atoms with Crippen molar-refractivity contribution >= 4 is 21.4 Å². The number of aromatic nitrogens is 1. The van der Waals surface area contributed by atoms with Crippen LogP contribution in [0.3, 0.4) is 0 Å². The molecule has 0 aliphatic heterocycles. The van der Waals surface area contributed by atoms with E-state index in [2.05, 4.69) is 23.2 Å². The molecule has 0 bridgehead atoms. The first-order valence-corrected chi connectivity index (χ1v) is 7.08. The largest absolute Gasteiger partial charge is 0.384 e. The molecule has 0 spiro atoms. The fourth-order valence-corrected chi connectivity index (χ4v) is 3.30. The summed E-state index contributed by atoms with van der Waals surface area (Å²) in [6.07, 6.45) is 2.29. The minimum absolute atomic E-state index is 0.528. The van der Waals surface area contributed by atoms with Gasteiger partial charge >= 0.3 is 0 Å². The highest BCUT2D eigenvalue weighted by atomic mass is 32.1. The van der Waals surface area contributed by atoms with Crippen LogP contribution in [0.15, 0.2) is 54.7 Å². The summed E-state index contributed by atoms with van der Waals surface area (Å²) in [5.41, 5.74) is 0.0304. The van der Waals surface area contributed by atoms with Gasteiger partial charge in [-0.05, 0) is 36.6 Å². The van der Waals surface area contributed by atoms with Crippen molar-refractivity contribution in [2.45, 2.75) is 18.9 Å². The summed E-state index contributed by atoms with van der Waals surface area (Å²) in [6, 6.07) is 16.1. The maximum Gasteiger partial charge on any atom is 0.101 e. The highest BCUT2D eigenvalue weighted by Gasteiger charge is 2.26. The Balaban J connectivity index is 1.95. The molecule has 1 unspecified atom stereocenters. The Morgan fingerprint density at radius 1 is 1.16 bits per heavy atom. The first kappa shape index (κ1) is 12.3. The van der Waals surface area contributed by atoms with Crippen LogP contribution in [0.25, 0.3) is 10.1 Å². The lowest BCUT2D eigenvalue weighted by atomic mass is 9.97. The van der Waals surface area contributed by atoms with Crippen LogP contribution in [0.4, 0.5) is 0 Å². The number of hydrogen-bond donors (Lipinski definition) is 1. The molecule has 1 N–H and O–H groups in total. The number of fused-ring (bicyclic) bond motifs is 1. The summed E-state index contributed by atoms with van der Waals surface area (Å²) < 4.78 is 1.21. The number of hydrogen-bond acceptors (Lipinski definition) is 3. The molecule has 0 radical (unpaired) electrons. The third-order valence-electron chi connectivity index (χ3n) is 3.21.